The number of halogens is 1. The summed E-state index contributed by atoms with van der Waals surface area (Å²) in [6, 6.07) is 8.63. The third-order valence-corrected chi connectivity index (χ3v) is 6.35. The molecule has 2 aromatic rings. The highest BCUT2D eigenvalue weighted by molar-refractivity contribution is 7.95. The van der Waals surface area contributed by atoms with E-state index in [1.807, 2.05) is 42.5 Å². The first-order valence-electron chi connectivity index (χ1n) is 8.28. The number of piperidine rings is 1. The van der Waals surface area contributed by atoms with Crippen LogP contribution in [-0.2, 0) is 9.84 Å². The second kappa shape index (κ2) is 6.00. The molecule has 1 N–H and O–H groups in total. The Kier molecular flexibility index (Phi) is 3.92. The van der Waals surface area contributed by atoms with E-state index in [0.717, 1.165) is 6.54 Å². The van der Waals surface area contributed by atoms with Crippen molar-refractivity contribution < 1.29 is 12.8 Å². The van der Waals surface area contributed by atoms with Crippen molar-refractivity contribution in [1.29, 1.82) is 0 Å². The van der Waals surface area contributed by atoms with Gasteiger partial charge in [-0.3, -0.25) is 0 Å². The Morgan fingerprint density at radius 1 is 1.20 bits per heavy atom. The van der Waals surface area contributed by atoms with Gasteiger partial charge in [-0.05, 0) is 31.7 Å². The second-order valence-corrected chi connectivity index (χ2v) is 8.37. The van der Waals surface area contributed by atoms with Crippen LogP contribution in [0.5, 0.6) is 0 Å². The van der Waals surface area contributed by atoms with E-state index in [-0.39, 0.29) is 10.9 Å². The lowest BCUT2D eigenvalue weighted by atomic mass is 10.0. The van der Waals surface area contributed by atoms with E-state index in [1.54, 1.807) is 16.7 Å². The van der Waals surface area contributed by atoms with Gasteiger partial charge >= 0.3 is 0 Å². The van der Waals surface area contributed by atoms with Crippen LogP contribution in [0.1, 0.15) is 12.0 Å². The van der Waals surface area contributed by atoms with Gasteiger partial charge in [-0.1, -0.05) is 12.1 Å². The Hall–Kier alpha value is -2.12. The standard InChI is InChI=1S/C18H20FN3O2S/c1-21-10-7-15(14(19)11-21)20-16-6-4-5-13-17(22-8-2-3-9-22)12-25(23,24)18(13)16/h2-6,8-9,12,14-15,20H,7,10-11H2,1H3/t14-,15+/m0/s1. The Bertz CT molecular complexity index is 922. The molecule has 2 aliphatic rings. The number of fused-ring (bicyclic) bond motifs is 1. The monoisotopic (exact) mass is 361 g/mol. The Balaban J connectivity index is 1.72. The van der Waals surface area contributed by atoms with Crippen LogP contribution in [0.4, 0.5) is 10.1 Å². The van der Waals surface area contributed by atoms with Crippen LogP contribution < -0.4 is 5.32 Å². The highest BCUT2D eigenvalue weighted by Gasteiger charge is 2.33. The Morgan fingerprint density at radius 2 is 1.96 bits per heavy atom. The molecule has 0 spiro atoms. The zero-order valence-corrected chi connectivity index (χ0v) is 14.7. The van der Waals surface area contributed by atoms with Crippen LogP contribution in [0, 0.1) is 0 Å². The average molecular weight is 361 g/mol. The molecule has 2 aliphatic heterocycles. The van der Waals surface area contributed by atoms with Crippen molar-refractivity contribution in [3.63, 3.8) is 0 Å². The summed E-state index contributed by atoms with van der Waals surface area (Å²) in [4.78, 5) is 2.19. The second-order valence-electron chi connectivity index (χ2n) is 6.64. The molecule has 1 fully saturated rings. The zero-order chi connectivity index (χ0) is 17.6. The summed E-state index contributed by atoms with van der Waals surface area (Å²) in [7, 11) is -1.68. The highest BCUT2D eigenvalue weighted by Crippen LogP contribution is 2.39. The van der Waals surface area contributed by atoms with Crippen LogP contribution in [0.3, 0.4) is 0 Å². The number of nitrogens with one attached hydrogen (secondary N) is 1. The molecule has 0 bridgehead atoms. The molecule has 0 unspecified atom stereocenters. The molecule has 1 aromatic heterocycles. The number of hydrogen-bond acceptors (Lipinski definition) is 4. The van der Waals surface area contributed by atoms with Crippen LogP contribution in [-0.4, -0.2) is 50.2 Å². The molecule has 7 heteroatoms. The molecule has 1 saturated heterocycles. The van der Waals surface area contributed by atoms with Gasteiger partial charge < -0.3 is 14.8 Å². The van der Waals surface area contributed by atoms with Crippen molar-refractivity contribution in [3.8, 4) is 0 Å². The van der Waals surface area contributed by atoms with Gasteiger partial charge in [0.1, 0.15) is 11.1 Å². The van der Waals surface area contributed by atoms with E-state index in [4.69, 9.17) is 0 Å². The molecule has 0 saturated carbocycles. The fourth-order valence-electron chi connectivity index (χ4n) is 3.54. The fraction of sp³-hybridized carbons (Fsp3) is 0.333. The maximum absolute atomic E-state index is 14.4. The first-order valence-corrected chi connectivity index (χ1v) is 9.83. The topological polar surface area (TPSA) is 54.3 Å². The molecule has 0 radical (unpaired) electrons. The van der Waals surface area contributed by atoms with E-state index in [0.29, 0.717) is 29.9 Å². The molecule has 0 aliphatic carbocycles. The van der Waals surface area contributed by atoms with Crippen molar-refractivity contribution in [3.05, 3.63) is 53.7 Å². The smallest absolute Gasteiger partial charge is 0.204 e. The summed E-state index contributed by atoms with van der Waals surface area (Å²) >= 11 is 0. The number of aromatic nitrogens is 1. The van der Waals surface area contributed by atoms with Gasteiger partial charge in [0.25, 0.3) is 0 Å². The van der Waals surface area contributed by atoms with E-state index < -0.39 is 16.0 Å². The maximum Gasteiger partial charge on any atom is 0.204 e. The van der Waals surface area contributed by atoms with Gasteiger partial charge in [-0.2, -0.15) is 0 Å². The van der Waals surface area contributed by atoms with Gasteiger partial charge in [0.2, 0.25) is 9.84 Å². The first kappa shape index (κ1) is 16.4. The molecule has 2 atom stereocenters. The van der Waals surface area contributed by atoms with Crippen molar-refractivity contribution in [2.75, 3.05) is 25.5 Å². The van der Waals surface area contributed by atoms with Crippen LogP contribution in [0.15, 0.2) is 53.0 Å². The zero-order valence-electron chi connectivity index (χ0n) is 13.9. The molecular formula is C18H20FN3O2S. The van der Waals surface area contributed by atoms with Crippen molar-refractivity contribution in [2.24, 2.45) is 0 Å². The molecule has 1 aromatic carbocycles. The summed E-state index contributed by atoms with van der Waals surface area (Å²) < 4.78 is 41.6. The van der Waals surface area contributed by atoms with Crippen molar-refractivity contribution >= 4 is 21.2 Å². The summed E-state index contributed by atoms with van der Waals surface area (Å²) in [6.07, 6.45) is 3.23. The van der Waals surface area contributed by atoms with Crippen molar-refractivity contribution in [1.82, 2.24) is 9.47 Å². The predicted octanol–water partition coefficient (Wildman–Crippen LogP) is 2.58. The van der Waals surface area contributed by atoms with Crippen LogP contribution in [0.25, 0.3) is 5.70 Å². The molecule has 132 valence electrons. The molecule has 0 amide bonds. The van der Waals surface area contributed by atoms with Crippen molar-refractivity contribution in [2.45, 2.75) is 23.5 Å². The van der Waals surface area contributed by atoms with Crippen LogP contribution >= 0.6 is 0 Å². The minimum atomic E-state index is -3.57. The summed E-state index contributed by atoms with van der Waals surface area (Å²) in [5.74, 6) is 0. The summed E-state index contributed by atoms with van der Waals surface area (Å²) in [5, 5.41) is 4.43. The lowest BCUT2D eigenvalue weighted by molar-refractivity contribution is 0.149. The largest absolute Gasteiger partial charge is 0.378 e. The molecule has 25 heavy (non-hydrogen) atoms. The molecule has 5 nitrogen and oxygen atoms in total. The lowest BCUT2D eigenvalue weighted by Gasteiger charge is -2.33. The van der Waals surface area contributed by atoms with Gasteiger partial charge in [0.05, 0.1) is 22.8 Å². The quantitative estimate of drug-likeness (QED) is 0.913. The first-order chi connectivity index (χ1) is 12.0. The number of sulfone groups is 1. The van der Waals surface area contributed by atoms with Gasteiger partial charge in [-0.25, -0.2) is 12.8 Å². The normalized spacial score (nSPS) is 25.4. The third kappa shape index (κ3) is 2.87. The predicted molar refractivity (Wildman–Crippen MR) is 95.9 cm³/mol. The Labute approximate surface area is 146 Å². The molecule has 3 heterocycles. The Morgan fingerprint density at radius 3 is 2.68 bits per heavy atom. The number of nitrogens with zero attached hydrogens (tertiary/aromatic N) is 2. The number of anilines is 1. The molecular weight excluding hydrogens is 341 g/mol. The minimum absolute atomic E-state index is 0.241. The van der Waals surface area contributed by atoms with E-state index >= 15 is 0 Å². The highest BCUT2D eigenvalue weighted by atomic mass is 32.2. The van der Waals surface area contributed by atoms with Gasteiger partial charge in [0.15, 0.2) is 0 Å². The number of hydrogen-bond donors (Lipinski definition) is 1. The summed E-state index contributed by atoms with van der Waals surface area (Å²) in [6.45, 7) is 1.14. The molecule has 4 rings (SSSR count). The SMILES string of the molecule is CN1CC[C@@H](Nc2cccc3c2S(=O)(=O)C=C3n2cccc2)[C@@H](F)C1. The van der Waals surface area contributed by atoms with E-state index in [2.05, 4.69) is 5.32 Å². The van der Waals surface area contributed by atoms with Gasteiger partial charge in [0, 0.05) is 31.0 Å². The number of benzene rings is 1. The van der Waals surface area contributed by atoms with E-state index in [9.17, 15) is 12.8 Å². The summed E-state index contributed by atoms with van der Waals surface area (Å²) in [5.41, 5.74) is 1.74. The average Bonchev–Trinajstić information content (AvgIpc) is 3.17. The third-order valence-electron chi connectivity index (χ3n) is 4.81. The van der Waals surface area contributed by atoms with Crippen LogP contribution in [0.2, 0.25) is 0 Å². The number of likely N-dealkylation sites (tertiary alicyclic amines) is 1. The number of alkyl halides is 1. The van der Waals surface area contributed by atoms with E-state index in [1.165, 1.54) is 5.41 Å². The lowest BCUT2D eigenvalue weighted by Crippen LogP contribution is -2.46. The number of rotatable bonds is 3. The minimum Gasteiger partial charge on any atom is -0.378 e. The maximum atomic E-state index is 14.4. The van der Waals surface area contributed by atoms with Gasteiger partial charge in [-0.15, -0.1) is 0 Å². The fourth-order valence-corrected chi connectivity index (χ4v) is 5.12.